The van der Waals surface area contributed by atoms with Crippen molar-refractivity contribution in [2.24, 2.45) is 11.3 Å². The summed E-state index contributed by atoms with van der Waals surface area (Å²) < 4.78 is 75.3. The number of alkyl halides is 3. The summed E-state index contributed by atoms with van der Waals surface area (Å²) in [5.41, 5.74) is -0.430. The van der Waals surface area contributed by atoms with Crippen LogP contribution in [0, 0.1) is 11.3 Å². The van der Waals surface area contributed by atoms with Crippen molar-refractivity contribution in [1.82, 2.24) is 4.90 Å². The summed E-state index contributed by atoms with van der Waals surface area (Å²) in [6.45, 7) is 12.4. The van der Waals surface area contributed by atoms with Gasteiger partial charge in [0.1, 0.15) is 4.90 Å². The zero-order chi connectivity index (χ0) is 28.2. The number of nitrogens with zero attached hydrogens (tertiary/aromatic N) is 1. The molecule has 2 rings (SSSR count). The SMILES string of the molecule is COc1ccc(CN(C(=O)C[C@H](C)CC(C)(C)C)C(C)C)cc1OS(=O)(=O)c1cccc(C(F)(F)F)c1. The van der Waals surface area contributed by atoms with Crippen LogP contribution in [0.25, 0.3) is 0 Å². The molecule has 0 aliphatic rings. The quantitative estimate of drug-likeness (QED) is 0.313. The van der Waals surface area contributed by atoms with E-state index in [9.17, 15) is 26.4 Å². The van der Waals surface area contributed by atoms with Crippen LogP contribution in [0.4, 0.5) is 13.2 Å². The second kappa shape index (κ2) is 11.8. The number of hydrogen-bond acceptors (Lipinski definition) is 5. The molecule has 1 amide bonds. The fourth-order valence-electron chi connectivity index (χ4n) is 4.17. The number of hydrogen-bond donors (Lipinski definition) is 0. The van der Waals surface area contributed by atoms with Crippen LogP contribution in [0.5, 0.6) is 11.5 Å². The van der Waals surface area contributed by atoms with Crippen molar-refractivity contribution in [3.8, 4) is 11.5 Å². The minimum atomic E-state index is -4.71. The van der Waals surface area contributed by atoms with E-state index in [0.29, 0.717) is 18.1 Å². The summed E-state index contributed by atoms with van der Waals surface area (Å²) >= 11 is 0. The van der Waals surface area contributed by atoms with Gasteiger partial charge >= 0.3 is 16.3 Å². The number of carbonyl (C=O) groups excluding carboxylic acids is 1. The van der Waals surface area contributed by atoms with Crippen molar-refractivity contribution in [1.29, 1.82) is 0 Å². The normalized spacial score (nSPS) is 13.4. The van der Waals surface area contributed by atoms with Crippen LogP contribution in [-0.2, 0) is 27.6 Å². The molecule has 6 nitrogen and oxygen atoms in total. The molecule has 0 aliphatic heterocycles. The number of methoxy groups -OCH3 is 1. The predicted octanol–water partition coefficient (Wildman–Crippen LogP) is 6.68. The molecule has 0 fully saturated rings. The Bertz CT molecular complexity index is 1190. The minimum Gasteiger partial charge on any atom is -0.493 e. The summed E-state index contributed by atoms with van der Waals surface area (Å²) in [6.07, 6.45) is -3.45. The molecule has 0 saturated heterocycles. The lowest BCUT2D eigenvalue weighted by atomic mass is 9.84. The van der Waals surface area contributed by atoms with E-state index in [-0.39, 0.29) is 41.3 Å². The molecule has 37 heavy (non-hydrogen) atoms. The molecule has 0 aliphatic carbocycles. The van der Waals surface area contributed by atoms with Gasteiger partial charge in [-0.2, -0.15) is 21.6 Å². The molecule has 0 N–H and O–H groups in total. The van der Waals surface area contributed by atoms with E-state index in [1.807, 2.05) is 20.8 Å². The first-order chi connectivity index (χ1) is 16.9. The number of amides is 1. The zero-order valence-corrected chi connectivity index (χ0v) is 23.2. The molecular formula is C27H36F3NO5S. The standard InChI is InChI=1S/C27H36F3NO5S/c1-18(2)31(25(32)13-19(3)16-26(4,5)6)17-20-11-12-23(35-7)24(14-20)36-37(33,34)22-10-8-9-21(15-22)27(28,29)30/h8-12,14-15,18-19H,13,16-17H2,1-7H3/t19-/m0/s1. The Morgan fingerprint density at radius 2 is 1.65 bits per heavy atom. The molecule has 0 saturated carbocycles. The Morgan fingerprint density at radius 1 is 1.00 bits per heavy atom. The molecular weight excluding hydrogens is 507 g/mol. The lowest BCUT2D eigenvalue weighted by Crippen LogP contribution is -2.37. The fourth-order valence-corrected chi connectivity index (χ4v) is 5.15. The van der Waals surface area contributed by atoms with Crippen LogP contribution >= 0.6 is 0 Å². The molecule has 0 radical (unpaired) electrons. The Balaban J connectivity index is 2.31. The van der Waals surface area contributed by atoms with Crippen LogP contribution in [0.1, 0.15) is 65.5 Å². The van der Waals surface area contributed by atoms with Crippen molar-refractivity contribution in [3.63, 3.8) is 0 Å². The molecule has 0 aromatic heterocycles. The molecule has 206 valence electrons. The fraction of sp³-hybridized carbons (Fsp3) is 0.519. The summed E-state index contributed by atoms with van der Waals surface area (Å²) in [7, 11) is -3.28. The first-order valence-corrected chi connectivity index (χ1v) is 13.4. The van der Waals surface area contributed by atoms with Gasteiger partial charge in [-0.25, -0.2) is 0 Å². The van der Waals surface area contributed by atoms with Crippen molar-refractivity contribution < 1.29 is 35.3 Å². The molecule has 1 atom stereocenters. The molecule has 2 aromatic rings. The second-order valence-electron chi connectivity index (χ2n) is 10.7. The van der Waals surface area contributed by atoms with E-state index >= 15 is 0 Å². The van der Waals surface area contributed by atoms with Gasteiger partial charge in [-0.15, -0.1) is 0 Å². The van der Waals surface area contributed by atoms with Crippen LogP contribution in [0.3, 0.4) is 0 Å². The van der Waals surface area contributed by atoms with E-state index in [2.05, 4.69) is 20.8 Å². The molecule has 0 spiro atoms. The zero-order valence-electron chi connectivity index (χ0n) is 22.3. The highest BCUT2D eigenvalue weighted by Crippen LogP contribution is 2.34. The van der Waals surface area contributed by atoms with Gasteiger partial charge in [-0.3, -0.25) is 4.79 Å². The van der Waals surface area contributed by atoms with E-state index in [0.717, 1.165) is 24.6 Å². The third-order valence-electron chi connectivity index (χ3n) is 5.66. The van der Waals surface area contributed by atoms with Crippen LogP contribution in [-0.4, -0.2) is 32.4 Å². The van der Waals surface area contributed by atoms with Crippen molar-refractivity contribution in [2.75, 3.05) is 7.11 Å². The minimum absolute atomic E-state index is 0.0263. The maximum Gasteiger partial charge on any atom is 0.416 e. The Labute approximate surface area is 217 Å². The number of carbonyl (C=O) groups is 1. The summed E-state index contributed by atoms with van der Waals surface area (Å²) in [5, 5.41) is 0. The average molecular weight is 544 g/mol. The van der Waals surface area contributed by atoms with E-state index in [4.69, 9.17) is 8.92 Å². The molecule has 0 unspecified atom stereocenters. The number of halogens is 3. The summed E-state index contributed by atoms with van der Waals surface area (Å²) in [6, 6.07) is 7.81. The van der Waals surface area contributed by atoms with Gasteiger partial charge in [0.15, 0.2) is 11.5 Å². The van der Waals surface area contributed by atoms with Gasteiger partial charge in [0, 0.05) is 19.0 Å². The Morgan fingerprint density at radius 3 is 2.19 bits per heavy atom. The van der Waals surface area contributed by atoms with Crippen LogP contribution in [0.15, 0.2) is 47.4 Å². The topological polar surface area (TPSA) is 72.9 Å². The average Bonchev–Trinajstić information content (AvgIpc) is 2.75. The maximum atomic E-state index is 13.1. The third kappa shape index (κ3) is 8.94. The Kier molecular flexibility index (Phi) is 9.68. The predicted molar refractivity (Wildman–Crippen MR) is 136 cm³/mol. The van der Waals surface area contributed by atoms with Gasteiger partial charge < -0.3 is 13.8 Å². The van der Waals surface area contributed by atoms with Crippen molar-refractivity contribution in [3.05, 3.63) is 53.6 Å². The maximum absolute atomic E-state index is 13.1. The highest BCUT2D eigenvalue weighted by Gasteiger charge is 2.32. The van der Waals surface area contributed by atoms with E-state index < -0.39 is 26.8 Å². The van der Waals surface area contributed by atoms with Gasteiger partial charge in [0.05, 0.1) is 12.7 Å². The number of benzene rings is 2. The number of rotatable bonds is 10. The largest absolute Gasteiger partial charge is 0.493 e. The van der Waals surface area contributed by atoms with Gasteiger partial charge in [0.2, 0.25) is 5.91 Å². The van der Waals surface area contributed by atoms with E-state index in [1.165, 1.54) is 19.2 Å². The molecule has 0 heterocycles. The van der Waals surface area contributed by atoms with Gasteiger partial charge in [-0.05, 0) is 67.5 Å². The molecule has 0 bridgehead atoms. The first-order valence-electron chi connectivity index (χ1n) is 12.0. The van der Waals surface area contributed by atoms with Crippen molar-refractivity contribution >= 4 is 16.0 Å². The highest BCUT2D eigenvalue weighted by molar-refractivity contribution is 7.87. The monoisotopic (exact) mass is 543 g/mol. The summed E-state index contributed by atoms with van der Waals surface area (Å²) in [5.74, 6) is 0.0536. The van der Waals surface area contributed by atoms with Crippen LogP contribution in [0.2, 0.25) is 0 Å². The summed E-state index contributed by atoms with van der Waals surface area (Å²) in [4.78, 5) is 14.2. The first kappa shape index (κ1) is 30.5. The third-order valence-corrected chi connectivity index (χ3v) is 6.89. The van der Waals surface area contributed by atoms with Gasteiger partial charge in [-0.1, -0.05) is 39.8 Å². The Hall–Kier alpha value is -2.75. The smallest absolute Gasteiger partial charge is 0.416 e. The number of ether oxygens (including phenoxy) is 1. The van der Waals surface area contributed by atoms with E-state index in [1.54, 1.807) is 11.0 Å². The lowest BCUT2D eigenvalue weighted by Gasteiger charge is -2.30. The second-order valence-corrected chi connectivity index (χ2v) is 12.3. The van der Waals surface area contributed by atoms with Crippen molar-refractivity contribution in [2.45, 2.75) is 78.0 Å². The molecule has 10 heteroatoms. The lowest BCUT2D eigenvalue weighted by molar-refractivity contribution is -0.138. The van der Waals surface area contributed by atoms with Gasteiger partial charge in [0.25, 0.3) is 0 Å². The molecule has 2 aromatic carbocycles. The van der Waals surface area contributed by atoms with Crippen LogP contribution < -0.4 is 8.92 Å². The highest BCUT2D eigenvalue weighted by atomic mass is 32.2.